The molecule has 2 heterocycles. The largest absolute Gasteiger partial charge is 0.368 e. The third-order valence-electron chi connectivity index (χ3n) is 4.68. The van der Waals surface area contributed by atoms with Crippen LogP contribution in [0.3, 0.4) is 0 Å². The van der Waals surface area contributed by atoms with Gasteiger partial charge in [0.1, 0.15) is 16.7 Å². The second-order valence-electron chi connectivity index (χ2n) is 6.61. The number of benzene rings is 1. The number of hydrogen-bond donors (Lipinski definition) is 3. The van der Waals surface area contributed by atoms with Crippen molar-refractivity contribution in [2.45, 2.75) is 31.3 Å². The van der Waals surface area contributed by atoms with E-state index in [-0.39, 0.29) is 34.9 Å². The van der Waals surface area contributed by atoms with Gasteiger partial charge in [0.25, 0.3) is 5.56 Å². The molecular formula is C15H19ClF2N6O2. The molecule has 0 bridgehead atoms. The minimum Gasteiger partial charge on any atom is -0.367 e. The molecule has 5 N–H and O–H groups in total. The van der Waals surface area contributed by atoms with Crippen LogP contribution in [0.15, 0.2) is 15.7 Å². The number of anilines is 1. The molecule has 1 aliphatic heterocycles. The molecule has 0 radical (unpaired) electrons. The van der Waals surface area contributed by atoms with Gasteiger partial charge in [0.2, 0.25) is 0 Å². The third-order valence-corrected chi connectivity index (χ3v) is 4.68. The fraction of sp³-hybridized carbons (Fsp3) is 0.467. The van der Waals surface area contributed by atoms with E-state index >= 15 is 4.39 Å². The summed E-state index contributed by atoms with van der Waals surface area (Å²) >= 11 is 0. The number of nitrogen functional groups attached to an aromatic ring is 1. The Morgan fingerprint density at radius 1 is 1.19 bits per heavy atom. The zero-order valence-corrected chi connectivity index (χ0v) is 14.6. The van der Waals surface area contributed by atoms with E-state index in [1.807, 2.05) is 0 Å². The van der Waals surface area contributed by atoms with Gasteiger partial charge in [0, 0.05) is 31.2 Å². The van der Waals surface area contributed by atoms with E-state index < -0.39 is 33.8 Å². The van der Waals surface area contributed by atoms with Gasteiger partial charge in [-0.25, -0.2) is 18.3 Å². The Morgan fingerprint density at radius 3 is 2.46 bits per heavy atom. The van der Waals surface area contributed by atoms with E-state index in [4.69, 9.17) is 11.6 Å². The second-order valence-corrected chi connectivity index (χ2v) is 6.61. The van der Waals surface area contributed by atoms with Gasteiger partial charge in [-0.3, -0.25) is 4.79 Å². The van der Waals surface area contributed by atoms with Crippen molar-refractivity contribution < 1.29 is 8.78 Å². The Hall–Kier alpha value is -2.33. The van der Waals surface area contributed by atoms with Gasteiger partial charge in [0.05, 0.1) is 5.69 Å². The van der Waals surface area contributed by atoms with Crippen LogP contribution in [0.1, 0.15) is 19.3 Å². The summed E-state index contributed by atoms with van der Waals surface area (Å²) in [6.07, 6.45) is 2.24. The maximum Gasteiger partial charge on any atom is 0.368 e. The molecule has 2 aromatic rings. The molecule has 1 unspecified atom stereocenters. The lowest BCUT2D eigenvalue weighted by Gasteiger charge is -2.21. The molecule has 1 aliphatic carbocycles. The van der Waals surface area contributed by atoms with Crippen molar-refractivity contribution >= 4 is 29.0 Å². The Bertz CT molecular complexity index is 987. The highest BCUT2D eigenvalue weighted by Crippen LogP contribution is 2.30. The van der Waals surface area contributed by atoms with Crippen molar-refractivity contribution in [3.8, 4) is 0 Å². The quantitative estimate of drug-likeness (QED) is 0.629. The summed E-state index contributed by atoms with van der Waals surface area (Å²) in [6, 6.07) is 0.787. The van der Waals surface area contributed by atoms with Gasteiger partial charge < -0.3 is 21.9 Å². The highest BCUT2D eigenvalue weighted by atomic mass is 35.5. The summed E-state index contributed by atoms with van der Waals surface area (Å²) in [4.78, 5) is 26.2. The molecular weight excluding hydrogens is 370 g/mol. The molecule has 1 aromatic heterocycles. The fourth-order valence-electron chi connectivity index (χ4n) is 3.17. The average Bonchev–Trinajstić information content (AvgIpc) is 3.30. The number of halogens is 3. The Morgan fingerprint density at radius 2 is 1.88 bits per heavy atom. The highest BCUT2D eigenvalue weighted by molar-refractivity contribution is 5.85. The first-order valence-electron chi connectivity index (χ1n) is 8.10. The summed E-state index contributed by atoms with van der Waals surface area (Å²) in [7, 11) is 0. The minimum atomic E-state index is -1.07. The van der Waals surface area contributed by atoms with Gasteiger partial charge in [-0.05, 0) is 19.3 Å². The molecule has 1 saturated carbocycles. The molecule has 8 nitrogen and oxygen atoms in total. The molecule has 1 aromatic carbocycles. The van der Waals surface area contributed by atoms with Crippen molar-refractivity contribution in [2.24, 2.45) is 5.73 Å². The fourth-order valence-corrected chi connectivity index (χ4v) is 3.17. The zero-order valence-electron chi connectivity index (χ0n) is 13.7. The molecule has 1 atom stereocenters. The summed E-state index contributed by atoms with van der Waals surface area (Å²) in [6.45, 7) is 0.841. The van der Waals surface area contributed by atoms with Crippen molar-refractivity contribution in [1.29, 1.82) is 0 Å². The van der Waals surface area contributed by atoms with Crippen molar-refractivity contribution in [2.75, 3.05) is 29.3 Å². The van der Waals surface area contributed by atoms with Crippen LogP contribution in [0, 0.1) is 11.6 Å². The third kappa shape index (κ3) is 2.78. The smallest absolute Gasteiger partial charge is 0.367 e. The SMILES string of the molecule is Cl.NC1CCN(c2cc(F)c3c(=O)n(N)c(=O)n(NC4CC4)c3c2F)C1. The molecule has 0 spiro atoms. The zero-order chi connectivity index (χ0) is 17.9. The minimum absolute atomic E-state index is 0. The van der Waals surface area contributed by atoms with Crippen molar-refractivity contribution in [3.05, 3.63) is 38.5 Å². The first kappa shape index (κ1) is 18.5. The molecule has 2 aliphatic rings. The molecule has 4 rings (SSSR count). The predicted octanol–water partition coefficient (Wildman–Crippen LogP) is -0.180. The van der Waals surface area contributed by atoms with Crippen LogP contribution in [-0.2, 0) is 0 Å². The molecule has 2 fully saturated rings. The van der Waals surface area contributed by atoms with E-state index in [2.05, 4.69) is 5.43 Å². The molecule has 1 saturated heterocycles. The Kier molecular flexibility index (Phi) is 4.57. The lowest BCUT2D eigenvalue weighted by molar-refractivity contribution is 0.596. The highest BCUT2D eigenvalue weighted by Gasteiger charge is 2.29. The van der Waals surface area contributed by atoms with Gasteiger partial charge in [-0.2, -0.15) is 4.68 Å². The average molecular weight is 389 g/mol. The van der Waals surface area contributed by atoms with Gasteiger partial charge >= 0.3 is 5.69 Å². The van der Waals surface area contributed by atoms with E-state index in [1.54, 1.807) is 4.90 Å². The normalized spacial score (nSPS) is 19.7. The van der Waals surface area contributed by atoms with Gasteiger partial charge in [-0.1, -0.05) is 0 Å². The molecule has 142 valence electrons. The number of aromatic nitrogens is 2. The lowest BCUT2D eigenvalue weighted by Crippen LogP contribution is -2.48. The number of hydrogen-bond acceptors (Lipinski definition) is 6. The second kappa shape index (κ2) is 6.44. The van der Waals surface area contributed by atoms with E-state index in [9.17, 15) is 14.0 Å². The van der Waals surface area contributed by atoms with E-state index in [1.165, 1.54) is 0 Å². The Labute approximate surface area is 152 Å². The van der Waals surface area contributed by atoms with Crippen LogP contribution in [0.4, 0.5) is 14.5 Å². The van der Waals surface area contributed by atoms with E-state index in [0.29, 0.717) is 19.5 Å². The number of nitrogens with zero attached hydrogens (tertiary/aromatic N) is 3. The monoisotopic (exact) mass is 388 g/mol. The van der Waals surface area contributed by atoms with Crippen molar-refractivity contribution in [3.63, 3.8) is 0 Å². The standard InChI is InChI=1S/C15H18F2N6O2.ClH/c16-9-5-10(21-4-3-7(18)6-21)12(17)13-11(9)14(24)22(19)15(25)23(13)20-8-1-2-8;/h5,7-8,20H,1-4,6,18-19H2;1H. The van der Waals surface area contributed by atoms with Crippen LogP contribution in [-0.4, -0.2) is 34.5 Å². The first-order chi connectivity index (χ1) is 11.9. The lowest BCUT2D eigenvalue weighted by atomic mass is 10.2. The van der Waals surface area contributed by atoms with Crippen LogP contribution >= 0.6 is 12.4 Å². The number of nitrogens with one attached hydrogen (secondary N) is 1. The van der Waals surface area contributed by atoms with Crippen molar-refractivity contribution in [1.82, 2.24) is 9.35 Å². The van der Waals surface area contributed by atoms with Crippen LogP contribution < -0.4 is 33.2 Å². The summed E-state index contributed by atoms with van der Waals surface area (Å²) in [5.41, 5.74) is 6.19. The first-order valence-corrected chi connectivity index (χ1v) is 8.10. The predicted molar refractivity (Wildman–Crippen MR) is 97.0 cm³/mol. The van der Waals surface area contributed by atoms with Crippen LogP contribution in [0.5, 0.6) is 0 Å². The summed E-state index contributed by atoms with van der Waals surface area (Å²) < 4.78 is 31.0. The van der Waals surface area contributed by atoms with Gasteiger partial charge in [0.15, 0.2) is 5.82 Å². The number of fused-ring (bicyclic) bond motifs is 1. The van der Waals surface area contributed by atoms with Crippen LogP contribution in [0.2, 0.25) is 0 Å². The topological polar surface area (TPSA) is 111 Å². The summed E-state index contributed by atoms with van der Waals surface area (Å²) in [5, 5.41) is -0.556. The number of nitrogens with two attached hydrogens (primary N) is 2. The Balaban J connectivity index is 0.00000196. The number of rotatable bonds is 3. The molecule has 26 heavy (non-hydrogen) atoms. The maximum absolute atomic E-state index is 15.2. The van der Waals surface area contributed by atoms with E-state index in [0.717, 1.165) is 23.6 Å². The maximum atomic E-state index is 15.2. The van der Waals surface area contributed by atoms with Crippen LogP contribution in [0.25, 0.3) is 10.9 Å². The van der Waals surface area contributed by atoms with Gasteiger partial charge in [-0.15, -0.1) is 12.4 Å². The molecule has 11 heteroatoms. The molecule has 0 amide bonds. The summed E-state index contributed by atoms with van der Waals surface area (Å²) in [5.74, 6) is 3.69.